The lowest BCUT2D eigenvalue weighted by atomic mass is 9.97. The molecule has 3 fully saturated rings. The smallest absolute Gasteiger partial charge is 0.229 e. The molecule has 0 unspecified atom stereocenters. The molecule has 11 N–H and O–H groups in total. The number of hydrogen-bond acceptors (Lipinski definition) is 19. The molecule has 4 heterocycles. The second-order valence-corrected chi connectivity index (χ2v) is 12.8. The summed E-state index contributed by atoms with van der Waals surface area (Å²) in [7, 11) is 0. The number of aliphatic hydroxyl groups is 9. The van der Waals surface area contributed by atoms with Crippen LogP contribution in [-0.2, 0) is 23.7 Å². The van der Waals surface area contributed by atoms with E-state index in [0.717, 1.165) is 12.1 Å². The quantitative estimate of drug-likeness (QED) is 0.102. The van der Waals surface area contributed by atoms with Crippen LogP contribution in [0.15, 0.2) is 51.7 Å². The van der Waals surface area contributed by atoms with Crippen LogP contribution in [-0.4, -0.2) is 162 Å². The number of ether oxygens (including phenoxy) is 6. The van der Waals surface area contributed by atoms with Gasteiger partial charge in [-0.3, -0.25) is 4.79 Å². The van der Waals surface area contributed by atoms with Gasteiger partial charge >= 0.3 is 0 Å². The summed E-state index contributed by atoms with van der Waals surface area (Å²) >= 11 is 0. The molecule has 2 aromatic carbocycles. The van der Waals surface area contributed by atoms with Gasteiger partial charge < -0.3 is 89.0 Å². The fourth-order valence-corrected chi connectivity index (χ4v) is 6.17. The molecule has 3 aromatic rings. The first-order valence-electron chi connectivity index (χ1n) is 16.2. The highest BCUT2D eigenvalue weighted by Gasteiger charge is 2.52. The van der Waals surface area contributed by atoms with Crippen molar-refractivity contribution in [1.82, 2.24) is 0 Å². The third-order valence-electron chi connectivity index (χ3n) is 9.20. The van der Waals surface area contributed by atoms with Gasteiger partial charge in [0.25, 0.3) is 0 Å². The van der Waals surface area contributed by atoms with E-state index in [1.165, 1.54) is 37.3 Å². The molecule has 0 radical (unpaired) electrons. The van der Waals surface area contributed by atoms with E-state index in [1.54, 1.807) is 0 Å². The van der Waals surface area contributed by atoms with E-state index in [1.807, 2.05) is 0 Å². The Morgan fingerprint density at radius 2 is 1.33 bits per heavy atom. The maximum Gasteiger partial charge on any atom is 0.229 e. The molecular formula is C33H40O19. The molecule has 19 heteroatoms. The predicted octanol–water partition coefficient (Wildman–Crippen LogP) is -3.27. The molecule has 0 bridgehead atoms. The van der Waals surface area contributed by atoms with Crippen molar-refractivity contribution in [1.29, 1.82) is 0 Å². The molecule has 0 amide bonds. The number of benzene rings is 2. The van der Waals surface area contributed by atoms with Crippen molar-refractivity contribution >= 4 is 11.0 Å². The molecular weight excluding hydrogens is 700 g/mol. The third kappa shape index (κ3) is 7.47. The lowest BCUT2D eigenvalue weighted by molar-refractivity contribution is -0.360. The maximum atomic E-state index is 13.0. The normalized spacial score (nSPS) is 38.3. The zero-order chi connectivity index (χ0) is 37.6. The van der Waals surface area contributed by atoms with Crippen LogP contribution in [0.3, 0.4) is 0 Å². The molecule has 3 saturated heterocycles. The van der Waals surface area contributed by atoms with E-state index in [-0.39, 0.29) is 28.2 Å². The van der Waals surface area contributed by atoms with Crippen LogP contribution >= 0.6 is 0 Å². The van der Waals surface area contributed by atoms with Gasteiger partial charge in [-0.15, -0.1) is 0 Å². The molecule has 3 aliphatic heterocycles. The first kappa shape index (κ1) is 38.2. The number of aromatic hydroxyl groups is 2. The van der Waals surface area contributed by atoms with Crippen LogP contribution in [0.1, 0.15) is 6.92 Å². The second kappa shape index (κ2) is 15.5. The molecule has 52 heavy (non-hydrogen) atoms. The number of phenols is 2. The molecule has 286 valence electrons. The third-order valence-corrected chi connectivity index (χ3v) is 9.20. The summed E-state index contributed by atoms with van der Waals surface area (Å²) in [5.74, 6) is -0.751. The van der Waals surface area contributed by atoms with Gasteiger partial charge in [-0.05, 0) is 31.2 Å². The zero-order valence-corrected chi connectivity index (χ0v) is 27.3. The van der Waals surface area contributed by atoms with Crippen molar-refractivity contribution in [3.8, 4) is 28.6 Å². The highest BCUT2D eigenvalue weighted by atomic mass is 16.8. The van der Waals surface area contributed by atoms with Crippen molar-refractivity contribution in [2.45, 2.75) is 99.0 Å². The van der Waals surface area contributed by atoms with Crippen LogP contribution in [0.5, 0.6) is 17.2 Å². The molecule has 1 aromatic heterocycles. The van der Waals surface area contributed by atoms with Gasteiger partial charge in [-0.1, -0.05) is 0 Å². The summed E-state index contributed by atoms with van der Waals surface area (Å²) in [5.41, 5.74) is -0.358. The molecule has 15 atom stereocenters. The standard InChI is InChI=1S/C33H40O19/c1-11-22(38)25(41)29(45)32(47-11)52-30-27(43)24(40)20(10-46-31-28(44)26(42)23(39)19(9-34)50-31)51-33(30)48-14-6-15(36)21-16(37)8-17(49-18(21)7-14)12-2-4-13(35)5-3-12/h2-8,11,19-20,22-36,38-45H,9-10H2,1H3/t11-,19+,20+,22-,23+,24+,25+,26-,27-,28+,29-,30+,31+,32-,33+/m0/s1. The monoisotopic (exact) mass is 740 g/mol. The summed E-state index contributed by atoms with van der Waals surface area (Å²) in [6, 6.07) is 9.13. The summed E-state index contributed by atoms with van der Waals surface area (Å²) in [4.78, 5) is 13.0. The molecule has 0 saturated carbocycles. The molecule has 3 aliphatic rings. The van der Waals surface area contributed by atoms with Crippen molar-refractivity contribution in [2.75, 3.05) is 13.2 Å². The SMILES string of the molecule is C[C@@H]1O[C@@H](O[C@H]2[C@H](Oc3cc(O)c4c(=O)cc(-c5ccc(O)cc5)oc4c3)O[C@H](CO[C@@H]3O[C@H](CO)[C@@H](O)[C@H](O)[C@H]3O)[C@@H](O)[C@@H]2O)[C@@H](O)[C@H](O)[C@H]1O. The zero-order valence-electron chi connectivity index (χ0n) is 27.3. The average Bonchev–Trinajstić information content (AvgIpc) is 3.11. The fourth-order valence-electron chi connectivity index (χ4n) is 6.17. The number of aliphatic hydroxyl groups excluding tert-OH is 9. The van der Waals surface area contributed by atoms with Gasteiger partial charge in [-0.25, -0.2) is 0 Å². The summed E-state index contributed by atoms with van der Waals surface area (Å²) in [6.07, 6.45) is -24.8. The minimum absolute atomic E-state index is 0.0278. The van der Waals surface area contributed by atoms with Gasteiger partial charge in [0, 0.05) is 23.8 Å². The number of hydrogen-bond donors (Lipinski definition) is 11. The van der Waals surface area contributed by atoms with Crippen LogP contribution in [0.25, 0.3) is 22.3 Å². The molecule has 19 nitrogen and oxygen atoms in total. The van der Waals surface area contributed by atoms with Crippen molar-refractivity contribution < 1.29 is 89.0 Å². The van der Waals surface area contributed by atoms with Gasteiger partial charge in [0.1, 0.15) is 95.0 Å². The topological polar surface area (TPSA) is 308 Å². The number of phenolic OH excluding ortho intramolecular Hbond substituents is 2. The van der Waals surface area contributed by atoms with Crippen LogP contribution in [0, 0.1) is 0 Å². The van der Waals surface area contributed by atoms with E-state index in [2.05, 4.69) is 0 Å². The van der Waals surface area contributed by atoms with E-state index in [9.17, 15) is 61.0 Å². The Bertz CT molecular complexity index is 1730. The van der Waals surface area contributed by atoms with E-state index < -0.39 is 117 Å². The summed E-state index contributed by atoms with van der Waals surface area (Å²) < 4.78 is 39.9. The Kier molecular flexibility index (Phi) is 11.4. The van der Waals surface area contributed by atoms with Crippen molar-refractivity contribution in [3.63, 3.8) is 0 Å². The van der Waals surface area contributed by atoms with Gasteiger partial charge in [0.2, 0.25) is 6.29 Å². The van der Waals surface area contributed by atoms with Gasteiger partial charge in [0.15, 0.2) is 24.1 Å². The van der Waals surface area contributed by atoms with Gasteiger partial charge in [0.05, 0.1) is 19.3 Å². The van der Waals surface area contributed by atoms with Crippen LogP contribution in [0.2, 0.25) is 0 Å². The Labute approximate surface area is 293 Å². The van der Waals surface area contributed by atoms with Crippen LogP contribution < -0.4 is 10.2 Å². The number of rotatable bonds is 9. The minimum atomic E-state index is -1.93. The Morgan fingerprint density at radius 1 is 0.692 bits per heavy atom. The van der Waals surface area contributed by atoms with E-state index >= 15 is 0 Å². The second-order valence-electron chi connectivity index (χ2n) is 12.8. The minimum Gasteiger partial charge on any atom is -0.508 e. The molecule has 0 spiro atoms. The van der Waals surface area contributed by atoms with E-state index in [4.69, 9.17) is 32.8 Å². The average molecular weight is 741 g/mol. The van der Waals surface area contributed by atoms with Crippen LogP contribution in [0.4, 0.5) is 0 Å². The lowest BCUT2D eigenvalue weighted by Gasteiger charge is -2.46. The highest BCUT2D eigenvalue weighted by Crippen LogP contribution is 2.35. The first-order valence-corrected chi connectivity index (χ1v) is 16.2. The summed E-state index contributed by atoms with van der Waals surface area (Å²) in [5, 5.41) is 114. The fraction of sp³-hybridized carbons (Fsp3) is 0.545. The maximum absolute atomic E-state index is 13.0. The summed E-state index contributed by atoms with van der Waals surface area (Å²) in [6.45, 7) is -0.0152. The Hall–Kier alpha value is -3.51. The molecule has 0 aliphatic carbocycles. The van der Waals surface area contributed by atoms with E-state index in [0.29, 0.717) is 5.56 Å². The van der Waals surface area contributed by atoms with Crippen molar-refractivity contribution in [2.24, 2.45) is 0 Å². The Balaban J connectivity index is 1.30. The largest absolute Gasteiger partial charge is 0.508 e. The molecule has 6 rings (SSSR count). The van der Waals surface area contributed by atoms with Crippen molar-refractivity contribution in [3.05, 3.63) is 52.7 Å². The lowest BCUT2D eigenvalue weighted by Crippen LogP contribution is -2.65. The highest BCUT2D eigenvalue weighted by molar-refractivity contribution is 5.86. The Morgan fingerprint density at radius 3 is 2.02 bits per heavy atom. The predicted molar refractivity (Wildman–Crippen MR) is 169 cm³/mol. The first-order chi connectivity index (χ1) is 24.7. The number of fused-ring (bicyclic) bond motifs is 1. The van der Waals surface area contributed by atoms with Gasteiger partial charge in [-0.2, -0.15) is 0 Å².